The standard InChI is InChI=1S/C21H24N2O5/c1-21(2,3)14-6-8-16-18(10-14)28-19(12-27-16)20(25)23-22-11-13-5-7-15(24)17(9-13)26-4/h5-11,19,24H,12H2,1-4H3,(H,23,25)/b22-11-/t19-/m0/s1. The van der Waals surface area contributed by atoms with Gasteiger partial charge in [0.05, 0.1) is 13.3 Å². The summed E-state index contributed by atoms with van der Waals surface area (Å²) in [7, 11) is 1.46. The van der Waals surface area contributed by atoms with Gasteiger partial charge in [0, 0.05) is 0 Å². The molecule has 1 heterocycles. The summed E-state index contributed by atoms with van der Waals surface area (Å²) in [6.45, 7) is 6.43. The normalized spacial score (nSPS) is 16.1. The number of carbonyl (C=O) groups is 1. The molecule has 0 aromatic heterocycles. The fourth-order valence-corrected chi connectivity index (χ4v) is 2.68. The van der Waals surface area contributed by atoms with Crippen molar-refractivity contribution in [2.75, 3.05) is 13.7 Å². The van der Waals surface area contributed by atoms with Crippen LogP contribution in [0.2, 0.25) is 0 Å². The number of ether oxygens (including phenoxy) is 3. The number of hydrazone groups is 1. The van der Waals surface area contributed by atoms with Gasteiger partial charge < -0.3 is 19.3 Å². The van der Waals surface area contributed by atoms with Crippen LogP contribution in [0.3, 0.4) is 0 Å². The number of hydrogen-bond donors (Lipinski definition) is 2. The topological polar surface area (TPSA) is 89.4 Å². The lowest BCUT2D eigenvalue weighted by Gasteiger charge is -2.27. The van der Waals surface area contributed by atoms with Gasteiger partial charge in [0.15, 0.2) is 23.0 Å². The molecule has 0 spiro atoms. The zero-order valence-electron chi connectivity index (χ0n) is 16.4. The summed E-state index contributed by atoms with van der Waals surface area (Å²) in [6, 6.07) is 10.5. The van der Waals surface area contributed by atoms with Gasteiger partial charge in [-0.25, -0.2) is 5.43 Å². The van der Waals surface area contributed by atoms with Crippen LogP contribution in [-0.4, -0.2) is 37.0 Å². The molecule has 2 aromatic rings. The van der Waals surface area contributed by atoms with Crippen molar-refractivity contribution in [3.05, 3.63) is 47.5 Å². The number of phenolic OH excluding ortho intramolecular Hbond substituents is 1. The van der Waals surface area contributed by atoms with E-state index < -0.39 is 12.0 Å². The number of methoxy groups -OCH3 is 1. The van der Waals surface area contributed by atoms with E-state index in [-0.39, 0.29) is 17.8 Å². The molecule has 28 heavy (non-hydrogen) atoms. The second-order valence-corrected chi connectivity index (χ2v) is 7.49. The highest BCUT2D eigenvalue weighted by Crippen LogP contribution is 2.36. The van der Waals surface area contributed by atoms with E-state index in [0.29, 0.717) is 22.8 Å². The number of aromatic hydroxyl groups is 1. The molecule has 0 aliphatic carbocycles. The summed E-state index contributed by atoms with van der Waals surface area (Å²) in [6.07, 6.45) is 0.657. The fourth-order valence-electron chi connectivity index (χ4n) is 2.68. The zero-order valence-corrected chi connectivity index (χ0v) is 16.4. The van der Waals surface area contributed by atoms with Crippen molar-refractivity contribution in [3.8, 4) is 23.0 Å². The molecule has 7 heteroatoms. The summed E-state index contributed by atoms with van der Waals surface area (Å²) < 4.78 is 16.5. The summed E-state index contributed by atoms with van der Waals surface area (Å²) in [5.41, 5.74) is 4.17. The molecule has 0 saturated carbocycles. The van der Waals surface area contributed by atoms with Crippen LogP contribution in [0.15, 0.2) is 41.5 Å². The highest BCUT2D eigenvalue weighted by molar-refractivity contribution is 5.85. The van der Waals surface area contributed by atoms with E-state index in [2.05, 4.69) is 31.3 Å². The van der Waals surface area contributed by atoms with Crippen LogP contribution in [-0.2, 0) is 10.2 Å². The first-order valence-corrected chi connectivity index (χ1v) is 8.92. The van der Waals surface area contributed by atoms with Gasteiger partial charge in [-0.05, 0) is 46.9 Å². The van der Waals surface area contributed by atoms with E-state index in [9.17, 15) is 9.90 Å². The number of carbonyl (C=O) groups excluding carboxylic acids is 1. The molecule has 2 N–H and O–H groups in total. The lowest BCUT2D eigenvalue weighted by atomic mass is 9.87. The minimum Gasteiger partial charge on any atom is -0.504 e. The second kappa shape index (κ2) is 7.80. The monoisotopic (exact) mass is 384 g/mol. The van der Waals surface area contributed by atoms with Crippen LogP contribution in [0, 0.1) is 0 Å². The fraction of sp³-hybridized carbons (Fsp3) is 0.333. The third-order valence-corrected chi connectivity index (χ3v) is 4.35. The molecular formula is C21H24N2O5. The van der Waals surface area contributed by atoms with Gasteiger partial charge in [-0.1, -0.05) is 26.8 Å². The van der Waals surface area contributed by atoms with Gasteiger partial charge in [0.25, 0.3) is 5.91 Å². The summed E-state index contributed by atoms with van der Waals surface area (Å²) >= 11 is 0. The maximum absolute atomic E-state index is 12.4. The Labute approximate surface area is 163 Å². The van der Waals surface area contributed by atoms with E-state index in [4.69, 9.17) is 14.2 Å². The van der Waals surface area contributed by atoms with Crippen LogP contribution < -0.4 is 19.6 Å². The Balaban J connectivity index is 1.64. The molecule has 3 rings (SSSR count). The van der Waals surface area contributed by atoms with Crippen molar-refractivity contribution < 1.29 is 24.1 Å². The average molecular weight is 384 g/mol. The Morgan fingerprint density at radius 1 is 1.25 bits per heavy atom. The number of phenols is 1. The summed E-state index contributed by atoms with van der Waals surface area (Å²) in [5, 5.41) is 13.5. The Hall–Kier alpha value is -3.22. The third kappa shape index (κ3) is 4.36. The van der Waals surface area contributed by atoms with Gasteiger partial charge >= 0.3 is 0 Å². The maximum atomic E-state index is 12.4. The van der Waals surface area contributed by atoms with E-state index in [1.54, 1.807) is 12.1 Å². The Kier molecular flexibility index (Phi) is 5.44. The molecular weight excluding hydrogens is 360 g/mol. The number of nitrogens with one attached hydrogen (secondary N) is 1. The molecule has 0 unspecified atom stereocenters. The molecule has 1 atom stereocenters. The van der Waals surface area contributed by atoms with Crippen LogP contribution >= 0.6 is 0 Å². The quantitative estimate of drug-likeness (QED) is 0.625. The summed E-state index contributed by atoms with van der Waals surface area (Å²) in [4.78, 5) is 12.4. The van der Waals surface area contributed by atoms with E-state index in [1.807, 2.05) is 18.2 Å². The largest absolute Gasteiger partial charge is 0.504 e. The van der Waals surface area contributed by atoms with Gasteiger partial charge in [-0.2, -0.15) is 5.10 Å². The molecule has 0 bridgehead atoms. The van der Waals surface area contributed by atoms with Crippen LogP contribution in [0.5, 0.6) is 23.0 Å². The molecule has 2 aromatic carbocycles. The lowest BCUT2D eigenvalue weighted by Crippen LogP contribution is -2.42. The summed E-state index contributed by atoms with van der Waals surface area (Å²) in [5.74, 6) is 1.12. The lowest BCUT2D eigenvalue weighted by molar-refractivity contribution is -0.130. The first-order chi connectivity index (χ1) is 13.3. The minimum absolute atomic E-state index is 0.0322. The molecule has 0 saturated heterocycles. The average Bonchev–Trinajstić information content (AvgIpc) is 2.67. The predicted octanol–water partition coefficient (Wildman–Crippen LogP) is 2.99. The number of fused-ring (bicyclic) bond motifs is 1. The van der Waals surface area contributed by atoms with E-state index in [0.717, 1.165) is 5.56 Å². The van der Waals surface area contributed by atoms with Crippen molar-refractivity contribution >= 4 is 12.1 Å². The van der Waals surface area contributed by atoms with Crippen molar-refractivity contribution in [2.45, 2.75) is 32.3 Å². The van der Waals surface area contributed by atoms with Crippen molar-refractivity contribution in [1.29, 1.82) is 0 Å². The third-order valence-electron chi connectivity index (χ3n) is 4.35. The Morgan fingerprint density at radius 3 is 2.75 bits per heavy atom. The molecule has 7 nitrogen and oxygen atoms in total. The van der Waals surface area contributed by atoms with Gasteiger partial charge in [0.1, 0.15) is 6.61 Å². The second-order valence-electron chi connectivity index (χ2n) is 7.49. The number of rotatable bonds is 4. The Morgan fingerprint density at radius 2 is 2.04 bits per heavy atom. The highest BCUT2D eigenvalue weighted by atomic mass is 16.6. The van der Waals surface area contributed by atoms with Crippen LogP contribution in [0.4, 0.5) is 0 Å². The van der Waals surface area contributed by atoms with Crippen molar-refractivity contribution in [3.63, 3.8) is 0 Å². The molecule has 0 fully saturated rings. The number of amides is 1. The first-order valence-electron chi connectivity index (χ1n) is 8.92. The number of hydrogen-bond acceptors (Lipinski definition) is 6. The Bertz CT molecular complexity index is 902. The molecule has 1 aliphatic heterocycles. The number of nitrogens with zero attached hydrogens (tertiary/aromatic N) is 1. The maximum Gasteiger partial charge on any atom is 0.284 e. The molecule has 148 valence electrons. The van der Waals surface area contributed by atoms with Crippen molar-refractivity contribution in [2.24, 2.45) is 5.10 Å². The predicted molar refractivity (Wildman–Crippen MR) is 105 cm³/mol. The van der Waals surface area contributed by atoms with Crippen LogP contribution in [0.1, 0.15) is 31.9 Å². The van der Waals surface area contributed by atoms with Gasteiger partial charge in [-0.15, -0.1) is 0 Å². The highest BCUT2D eigenvalue weighted by Gasteiger charge is 2.28. The van der Waals surface area contributed by atoms with E-state index >= 15 is 0 Å². The van der Waals surface area contributed by atoms with E-state index in [1.165, 1.54) is 19.4 Å². The SMILES string of the molecule is COc1cc(/C=N\NC(=O)[C@@H]2COc3ccc(C(C)(C)C)cc3O2)ccc1O. The van der Waals surface area contributed by atoms with Crippen molar-refractivity contribution in [1.82, 2.24) is 5.43 Å². The molecule has 0 radical (unpaired) electrons. The minimum atomic E-state index is -0.797. The number of benzene rings is 2. The van der Waals surface area contributed by atoms with Gasteiger partial charge in [-0.3, -0.25) is 4.79 Å². The first kappa shape index (κ1) is 19.5. The van der Waals surface area contributed by atoms with Gasteiger partial charge in [0.2, 0.25) is 6.10 Å². The van der Waals surface area contributed by atoms with Crippen LogP contribution in [0.25, 0.3) is 0 Å². The molecule has 1 amide bonds. The smallest absolute Gasteiger partial charge is 0.284 e. The molecule has 1 aliphatic rings. The zero-order chi connectivity index (χ0) is 20.3.